The number of hydrogen-bond acceptors (Lipinski definition) is 5. The van der Waals surface area contributed by atoms with Gasteiger partial charge in [0, 0.05) is 11.6 Å². The zero-order valence-corrected chi connectivity index (χ0v) is 17.3. The minimum atomic E-state index is -4.58. The Morgan fingerprint density at radius 3 is 2.05 bits per heavy atom. The van der Waals surface area contributed by atoms with Gasteiger partial charge in [-0.2, -0.15) is 0 Å². The molecule has 2 aromatic rings. The molecule has 0 aromatic heterocycles. The van der Waals surface area contributed by atoms with Gasteiger partial charge in [-0.3, -0.25) is 0 Å². The van der Waals surface area contributed by atoms with Gasteiger partial charge in [-0.1, -0.05) is 15.9 Å². The number of hydrogen-bond donors (Lipinski definition) is 0. The Kier molecular flexibility index (Phi) is 5.85. The van der Waals surface area contributed by atoms with Gasteiger partial charge >= 0.3 is 5.97 Å². The SMILES string of the molecule is O=C(Oc1cc(I)c(S(=O)(=O)[O-])c(I)c1)c1ccc(Br)cc1. The van der Waals surface area contributed by atoms with E-state index >= 15 is 0 Å². The van der Waals surface area contributed by atoms with Gasteiger partial charge in [-0.15, -0.1) is 0 Å². The van der Waals surface area contributed by atoms with Crippen molar-refractivity contribution in [3.63, 3.8) is 0 Å². The van der Waals surface area contributed by atoms with Crippen LogP contribution in [0.25, 0.3) is 0 Å². The molecule has 116 valence electrons. The maximum atomic E-state index is 12.0. The molecule has 0 amide bonds. The van der Waals surface area contributed by atoms with Crippen LogP contribution >= 0.6 is 61.1 Å². The first kappa shape index (κ1) is 18.1. The highest BCUT2D eigenvalue weighted by molar-refractivity contribution is 14.1. The molecule has 0 N–H and O–H groups in total. The van der Waals surface area contributed by atoms with Crippen molar-refractivity contribution in [1.82, 2.24) is 0 Å². The predicted octanol–water partition coefficient (Wildman–Crippen LogP) is 3.78. The van der Waals surface area contributed by atoms with Crippen molar-refractivity contribution in [3.8, 4) is 5.75 Å². The molecule has 0 spiro atoms. The summed E-state index contributed by atoms with van der Waals surface area (Å²) < 4.78 is 40.0. The average Bonchev–Trinajstić information content (AvgIpc) is 2.36. The van der Waals surface area contributed by atoms with E-state index in [1.165, 1.54) is 12.1 Å². The molecule has 0 aliphatic rings. The van der Waals surface area contributed by atoms with Crippen LogP contribution in [0.15, 0.2) is 45.8 Å². The molecular weight excluding hydrogens is 602 g/mol. The fourth-order valence-corrected chi connectivity index (χ4v) is 5.78. The summed E-state index contributed by atoms with van der Waals surface area (Å²) in [5.74, 6) is -0.397. The van der Waals surface area contributed by atoms with Gasteiger partial charge in [0.1, 0.15) is 15.9 Å². The number of carbonyl (C=O) groups excluding carboxylic acids is 1. The maximum Gasteiger partial charge on any atom is 0.343 e. The summed E-state index contributed by atoms with van der Waals surface area (Å²) in [4.78, 5) is 11.7. The van der Waals surface area contributed by atoms with Gasteiger partial charge in [-0.05, 0) is 81.6 Å². The molecule has 2 aromatic carbocycles. The highest BCUT2D eigenvalue weighted by Gasteiger charge is 2.16. The molecule has 0 unspecified atom stereocenters. The Morgan fingerprint density at radius 1 is 1.09 bits per heavy atom. The van der Waals surface area contributed by atoms with Crippen LogP contribution < -0.4 is 4.74 Å². The van der Waals surface area contributed by atoms with Gasteiger partial charge in [0.15, 0.2) is 0 Å². The quantitative estimate of drug-likeness (QED) is 0.230. The molecule has 5 nitrogen and oxygen atoms in total. The topological polar surface area (TPSA) is 83.5 Å². The Morgan fingerprint density at radius 2 is 1.59 bits per heavy atom. The lowest BCUT2D eigenvalue weighted by Crippen LogP contribution is -2.10. The number of halogens is 3. The molecule has 0 radical (unpaired) electrons. The van der Waals surface area contributed by atoms with Crippen LogP contribution in [0.3, 0.4) is 0 Å². The van der Waals surface area contributed by atoms with Crippen LogP contribution in [0.1, 0.15) is 10.4 Å². The minimum Gasteiger partial charge on any atom is -0.744 e. The minimum absolute atomic E-state index is 0.175. The van der Waals surface area contributed by atoms with Crippen LogP contribution in [0.5, 0.6) is 5.75 Å². The molecule has 9 heteroatoms. The van der Waals surface area contributed by atoms with Crippen LogP contribution in [-0.2, 0) is 10.1 Å². The van der Waals surface area contributed by atoms with Gasteiger partial charge in [0.25, 0.3) is 0 Å². The first-order valence-corrected chi connectivity index (χ1v) is 9.97. The summed E-state index contributed by atoms with van der Waals surface area (Å²) in [6.07, 6.45) is 0. The van der Waals surface area contributed by atoms with E-state index in [9.17, 15) is 17.8 Å². The lowest BCUT2D eigenvalue weighted by atomic mass is 10.2. The van der Waals surface area contributed by atoms with E-state index < -0.39 is 16.1 Å². The third-order valence-electron chi connectivity index (χ3n) is 2.51. The highest BCUT2D eigenvalue weighted by atomic mass is 127. The number of rotatable bonds is 3. The van der Waals surface area contributed by atoms with E-state index in [-0.39, 0.29) is 17.8 Å². The smallest absolute Gasteiger partial charge is 0.343 e. The molecule has 0 aliphatic carbocycles. The molecule has 0 atom stereocenters. The van der Waals surface area contributed by atoms with Gasteiger partial charge in [0.05, 0.1) is 10.5 Å². The first-order valence-electron chi connectivity index (χ1n) is 5.61. The summed E-state index contributed by atoms with van der Waals surface area (Å²) in [5, 5.41) is 0. The predicted molar refractivity (Wildman–Crippen MR) is 98.9 cm³/mol. The molecule has 0 fully saturated rings. The fraction of sp³-hybridized carbons (Fsp3) is 0. The van der Waals surface area contributed by atoms with E-state index in [0.717, 1.165) is 4.47 Å². The van der Waals surface area contributed by atoms with Gasteiger partial charge in [0.2, 0.25) is 0 Å². The standard InChI is InChI=1S/C13H7BrI2O5S/c14-8-3-1-7(2-4-8)13(17)21-9-5-10(15)12(11(16)6-9)22(18,19)20/h1-6H,(H,18,19,20)/p-1. The average molecular weight is 608 g/mol. The summed E-state index contributed by atoms with van der Waals surface area (Å²) in [5.41, 5.74) is 0.355. The lowest BCUT2D eigenvalue weighted by Gasteiger charge is -2.13. The summed E-state index contributed by atoms with van der Waals surface area (Å²) in [6.45, 7) is 0. The van der Waals surface area contributed by atoms with Crippen molar-refractivity contribution in [1.29, 1.82) is 0 Å². The number of carbonyl (C=O) groups is 1. The Labute approximate surface area is 162 Å². The molecule has 0 aliphatic heterocycles. The Balaban J connectivity index is 2.31. The van der Waals surface area contributed by atoms with Crippen LogP contribution in [0, 0.1) is 7.14 Å². The molecule has 0 saturated carbocycles. The van der Waals surface area contributed by atoms with Gasteiger partial charge < -0.3 is 9.29 Å². The Bertz CT molecular complexity index is 811. The monoisotopic (exact) mass is 607 g/mol. The first-order chi connectivity index (χ1) is 10.2. The molecular formula is C13H6BrI2O5S-. The fourth-order valence-electron chi connectivity index (χ4n) is 1.59. The van der Waals surface area contributed by atoms with Crippen LogP contribution in [-0.4, -0.2) is 18.9 Å². The summed E-state index contributed by atoms with van der Waals surface area (Å²) in [6, 6.07) is 9.28. The van der Waals surface area contributed by atoms with E-state index in [1.807, 2.05) is 0 Å². The van der Waals surface area contributed by atoms with E-state index in [4.69, 9.17) is 4.74 Å². The van der Waals surface area contributed by atoms with Crippen molar-refractivity contribution in [2.75, 3.05) is 0 Å². The summed E-state index contributed by atoms with van der Waals surface area (Å²) >= 11 is 6.71. The van der Waals surface area contributed by atoms with Crippen LogP contribution in [0.4, 0.5) is 0 Å². The number of benzene rings is 2. The van der Waals surface area contributed by atoms with E-state index in [0.29, 0.717) is 5.56 Å². The third kappa shape index (κ3) is 4.40. The Hall–Kier alpha value is -0.240. The zero-order chi connectivity index (χ0) is 16.5. The second-order valence-corrected chi connectivity index (χ2v) is 8.62. The van der Waals surface area contributed by atoms with Crippen molar-refractivity contribution in [2.45, 2.75) is 4.90 Å². The lowest BCUT2D eigenvalue weighted by molar-refractivity contribution is 0.0734. The zero-order valence-electron chi connectivity index (χ0n) is 10.5. The number of ether oxygens (including phenoxy) is 1. The molecule has 2 rings (SSSR count). The largest absolute Gasteiger partial charge is 0.744 e. The normalized spacial score (nSPS) is 11.3. The molecule has 0 saturated heterocycles. The molecule has 22 heavy (non-hydrogen) atoms. The van der Waals surface area contributed by atoms with Crippen LogP contribution in [0.2, 0.25) is 0 Å². The van der Waals surface area contributed by atoms with Crippen molar-refractivity contribution in [2.24, 2.45) is 0 Å². The number of esters is 1. The van der Waals surface area contributed by atoms with E-state index in [2.05, 4.69) is 15.9 Å². The van der Waals surface area contributed by atoms with E-state index in [1.54, 1.807) is 69.4 Å². The molecule has 0 bridgehead atoms. The third-order valence-corrected chi connectivity index (χ3v) is 6.41. The second kappa shape index (κ2) is 7.11. The van der Waals surface area contributed by atoms with Crippen molar-refractivity contribution >= 4 is 77.2 Å². The molecule has 0 heterocycles. The van der Waals surface area contributed by atoms with Crippen molar-refractivity contribution in [3.05, 3.63) is 53.6 Å². The van der Waals surface area contributed by atoms with Gasteiger partial charge in [-0.25, -0.2) is 13.2 Å². The second-order valence-electron chi connectivity index (χ2n) is 4.07. The summed E-state index contributed by atoms with van der Waals surface area (Å²) in [7, 11) is -4.58. The van der Waals surface area contributed by atoms with Crippen molar-refractivity contribution < 1.29 is 22.5 Å². The maximum absolute atomic E-state index is 12.0. The highest BCUT2D eigenvalue weighted by Crippen LogP contribution is 2.29.